The second-order valence-corrected chi connectivity index (χ2v) is 6.21. The van der Waals surface area contributed by atoms with Gasteiger partial charge in [0.1, 0.15) is 6.34 Å². The SMILES string of the molecule is CCNC(=O)C1CCCN(C2=NC3=NC=NC(=O)C3S2)C1. The Morgan fingerprint density at radius 3 is 3.19 bits per heavy atom. The number of carbonyl (C=O) groups is 2. The molecule has 112 valence electrons. The van der Waals surface area contributed by atoms with E-state index in [-0.39, 0.29) is 17.7 Å². The van der Waals surface area contributed by atoms with Gasteiger partial charge >= 0.3 is 0 Å². The second-order valence-electron chi connectivity index (χ2n) is 5.14. The van der Waals surface area contributed by atoms with Crippen LogP contribution < -0.4 is 5.32 Å². The Labute approximate surface area is 127 Å². The number of thioether (sulfide) groups is 1. The van der Waals surface area contributed by atoms with E-state index in [2.05, 4.69) is 25.2 Å². The van der Waals surface area contributed by atoms with Crippen molar-refractivity contribution < 1.29 is 9.59 Å². The number of nitrogens with zero attached hydrogens (tertiary/aromatic N) is 4. The molecule has 0 aliphatic carbocycles. The lowest BCUT2D eigenvalue weighted by Crippen LogP contribution is -2.44. The monoisotopic (exact) mass is 307 g/mol. The van der Waals surface area contributed by atoms with Crippen molar-refractivity contribution >= 4 is 40.9 Å². The number of carbonyl (C=O) groups excluding carboxylic acids is 2. The minimum absolute atomic E-state index is 0.0153. The van der Waals surface area contributed by atoms with Gasteiger partial charge < -0.3 is 10.2 Å². The molecule has 0 aromatic rings. The molecule has 1 N–H and O–H groups in total. The number of hydrogen-bond acceptors (Lipinski definition) is 6. The average Bonchev–Trinajstić information content (AvgIpc) is 2.93. The fraction of sp³-hybridized carbons (Fsp3) is 0.615. The predicted molar refractivity (Wildman–Crippen MR) is 82.7 cm³/mol. The number of hydrogen-bond donors (Lipinski definition) is 1. The summed E-state index contributed by atoms with van der Waals surface area (Å²) in [5, 5.41) is 3.25. The van der Waals surface area contributed by atoms with Gasteiger partial charge in [0, 0.05) is 19.6 Å². The maximum atomic E-state index is 12.0. The molecule has 0 aromatic heterocycles. The quantitative estimate of drug-likeness (QED) is 0.793. The zero-order valence-electron chi connectivity index (χ0n) is 11.8. The summed E-state index contributed by atoms with van der Waals surface area (Å²) >= 11 is 1.39. The van der Waals surface area contributed by atoms with Crippen molar-refractivity contribution in [3.05, 3.63) is 0 Å². The van der Waals surface area contributed by atoms with E-state index in [0.717, 1.165) is 24.6 Å². The molecule has 8 heteroatoms. The highest BCUT2D eigenvalue weighted by Gasteiger charge is 2.38. The van der Waals surface area contributed by atoms with Crippen LogP contribution >= 0.6 is 11.8 Å². The number of rotatable bonds is 2. The fourth-order valence-corrected chi connectivity index (χ4v) is 3.69. The molecule has 3 heterocycles. The van der Waals surface area contributed by atoms with Crippen molar-refractivity contribution in [1.82, 2.24) is 10.2 Å². The van der Waals surface area contributed by atoms with E-state index in [9.17, 15) is 9.59 Å². The summed E-state index contributed by atoms with van der Waals surface area (Å²) in [4.78, 5) is 38.0. The van der Waals surface area contributed by atoms with Gasteiger partial charge in [0.25, 0.3) is 5.91 Å². The van der Waals surface area contributed by atoms with Crippen LogP contribution in [0.3, 0.4) is 0 Å². The maximum Gasteiger partial charge on any atom is 0.268 e. The topological polar surface area (TPSA) is 86.5 Å². The predicted octanol–water partition coefficient (Wildman–Crippen LogP) is 0.273. The first-order valence-electron chi connectivity index (χ1n) is 7.11. The van der Waals surface area contributed by atoms with E-state index < -0.39 is 5.25 Å². The van der Waals surface area contributed by atoms with Gasteiger partial charge in [-0.15, -0.1) is 0 Å². The molecule has 3 aliphatic heterocycles. The molecule has 1 fully saturated rings. The number of amidine groups is 2. The van der Waals surface area contributed by atoms with Crippen molar-refractivity contribution in [2.24, 2.45) is 20.9 Å². The van der Waals surface area contributed by atoms with Crippen LogP contribution in [-0.2, 0) is 9.59 Å². The lowest BCUT2D eigenvalue weighted by molar-refractivity contribution is -0.126. The van der Waals surface area contributed by atoms with Crippen LogP contribution in [0.25, 0.3) is 0 Å². The van der Waals surface area contributed by atoms with Gasteiger partial charge in [0.15, 0.2) is 16.3 Å². The van der Waals surface area contributed by atoms with Crippen LogP contribution in [0.4, 0.5) is 0 Å². The molecule has 2 amide bonds. The van der Waals surface area contributed by atoms with E-state index >= 15 is 0 Å². The third-order valence-electron chi connectivity index (χ3n) is 3.68. The van der Waals surface area contributed by atoms with Gasteiger partial charge in [-0.05, 0) is 19.8 Å². The second kappa shape index (κ2) is 5.97. The third-order valence-corrected chi connectivity index (χ3v) is 4.89. The van der Waals surface area contributed by atoms with E-state index in [1.807, 2.05) is 6.92 Å². The normalized spacial score (nSPS) is 28.0. The number of aliphatic imine (C=N–C) groups is 3. The molecule has 0 saturated carbocycles. The minimum Gasteiger partial charge on any atom is -0.356 e. The average molecular weight is 307 g/mol. The molecule has 21 heavy (non-hydrogen) atoms. The van der Waals surface area contributed by atoms with E-state index in [4.69, 9.17) is 0 Å². The Bertz CT molecular complexity index is 557. The van der Waals surface area contributed by atoms with Gasteiger partial charge in [0.05, 0.1) is 5.92 Å². The number of likely N-dealkylation sites (tertiary alicyclic amines) is 1. The fourth-order valence-electron chi connectivity index (χ4n) is 2.64. The summed E-state index contributed by atoms with van der Waals surface area (Å²) in [6.45, 7) is 4.07. The van der Waals surface area contributed by atoms with Gasteiger partial charge in [0.2, 0.25) is 5.91 Å². The van der Waals surface area contributed by atoms with Crippen LogP contribution in [-0.4, -0.2) is 58.9 Å². The van der Waals surface area contributed by atoms with E-state index in [1.54, 1.807) is 0 Å². The lowest BCUT2D eigenvalue weighted by Gasteiger charge is -2.32. The number of amides is 2. The minimum atomic E-state index is -0.408. The molecular formula is C13H17N5O2S. The van der Waals surface area contributed by atoms with Crippen LogP contribution in [0.1, 0.15) is 19.8 Å². The first-order valence-corrected chi connectivity index (χ1v) is 7.99. The van der Waals surface area contributed by atoms with Crippen LogP contribution in [0.5, 0.6) is 0 Å². The molecule has 2 unspecified atom stereocenters. The molecule has 3 rings (SSSR count). The smallest absolute Gasteiger partial charge is 0.268 e. The zero-order valence-corrected chi connectivity index (χ0v) is 12.6. The summed E-state index contributed by atoms with van der Waals surface area (Å²) in [7, 11) is 0. The molecule has 3 aliphatic rings. The number of piperidine rings is 1. The molecule has 1 saturated heterocycles. The van der Waals surface area contributed by atoms with E-state index in [1.165, 1.54) is 18.1 Å². The van der Waals surface area contributed by atoms with Gasteiger partial charge in [-0.3, -0.25) is 9.59 Å². The molecule has 0 radical (unpaired) electrons. The third kappa shape index (κ3) is 2.85. The number of nitrogens with one attached hydrogen (secondary N) is 1. The Hall–Kier alpha value is -1.70. The molecule has 0 spiro atoms. The summed E-state index contributed by atoms with van der Waals surface area (Å²) < 4.78 is 0. The van der Waals surface area contributed by atoms with E-state index in [0.29, 0.717) is 18.9 Å². The van der Waals surface area contributed by atoms with Crippen molar-refractivity contribution in [1.29, 1.82) is 0 Å². The van der Waals surface area contributed by atoms with Crippen LogP contribution in [0.2, 0.25) is 0 Å². The first kappa shape index (κ1) is 14.2. The molecule has 2 atom stereocenters. The highest BCUT2D eigenvalue weighted by Crippen LogP contribution is 2.30. The molecule has 0 bridgehead atoms. The van der Waals surface area contributed by atoms with Crippen molar-refractivity contribution in [2.75, 3.05) is 19.6 Å². The largest absolute Gasteiger partial charge is 0.356 e. The highest BCUT2D eigenvalue weighted by molar-refractivity contribution is 8.16. The van der Waals surface area contributed by atoms with Crippen molar-refractivity contribution in [3.63, 3.8) is 0 Å². The van der Waals surface area contributed by atoms with Gasteiger partial charge in [-0.1, -0.05) is 11.8 Å². The van der Waals surface area contributed by atoms with Crippen molar-refractivity contribution in [2.45, 2.75) is 25.0 Å². The standard InChI is InChI=1S/C13H17N5O2S/c1-2-14-11(19)8-4-3-5-18(6-8)13-17-10-9(21-13)12(20)16-7-15-10/h7-9H,2-6H2,1H3,(H,14,19). The zero-order chi connectivity index (χ0) is 14.8. The maximum absolute atomic E-state index is 12.0. The molecule has 0 aromatic carbocycles. The first-order chi connectivity index (χ1) is 10.2. The Kier molecular flexibility index (Phi) is 4.05. The summed E-state index contributed by atoms with van der Waals surface area (Å²) in [5.41, 5.74) is 0. The van der Waals surface area contributed by atoms with Crippen LogP contribution in [0, 0.1) is 5.92 Å². The van der Waals surface area contributed by atoms with Gasteiger partial charge in [-0.25, -0.2) is 15.0 Å². The summed E-state index contributed by atoms with van der Waals surface area (Å²) in [5.74, 6) is 0.398. The highest BCUT2D eigenvalue weighted by atomic mass is 32.2. The summed E-state index contributed by atoms with van der Waals surface area (Å²) in [6.07, 6.45) is 3.10. The summed E-state index contributed by atoms with van der Waals surface area (Å²) in [6, 6.07) is 0. The number of fused-ring (bicyclic) bond motifs is 1. The van der Waals surface area contributed by atoms with Crippen LogP contribution in [0.15, 0.2) is 15.0 Å². The molecular weight excluding hydrogens is 290 g/mol. The Morgan fingerprint density at radius 2 is 2.43 bits per heavy atom. The molecule has 7 nitrogen and oxygen atoms in total. The van der Waals surface area contributed by atoms with Crippen molar-refractivity contribution in [3.8, 4) is 0 Å². The Balaban J connectivity index is 1.69. The Morgan fingerprint density at radius 1 is 1.57 bits per heavy atom. The lowest BCUT2D eigenvalue weighted by atomic mass is 9.97. The van der Waals surface area contributed by atoms with Gasteiger partial charge in [-0.2, -0.15) is 0 Å².